The van der Waals surface area contributed by atoms with Crippen molar-refractivity contribution >= 4 is 17.9 Å². The van der Waals surface area contributed by atoms with Crippen molar-refractivity contribution in [2.24, 2.45) is 0 Å². The third-order valence-corrected chi connectivity index (χ3v) is 9.45. The van der Waals surface area contributed by atoms with Crippen LogP contribution in [0.3, 0.4) is 0 Å². The lowest BCUT2D eigenvalue weighted by Crippen LogP contribution is -2.40. The van der Waals surface area contributed by atoms with E-state index in [1.165, 1.54) is 32.1 Å². The van der Waals surface area contributed by atoms with Crippen LogP contribution >= 0.6 is 0 Å². The van der Waals surface area contributed by atoms with Crippen molar-refractivity contribution in [2.75, 3.05) is 47.5 Å². The molecule has 2 unspecified atom stereocenters. The zero-order valence-electron chi connectivity index (χ0n) is 38.1. The molecule has 1 N–H and O–H groups in total. The fourth-order valence-corrected chi connectivity index (χ4v) is 5.86. The number of esters is 2. The Balaban J connectivity index is 4.47. The van der Waals surface area contributed by atoms with E-state index in [-0.39, 0.29) is 38.6 Å². The number of carbonyl (C=O) groups excluding carboxylic acids is 2. The number of carboxylic acids is 1. The number of carbonyl (C=O) groups is 3. The summed E-state index contributed by atoms with van der Waals surface area (Å²) in [7, 11) is 5.94. The van der Waals surface area contributed by atoms with E-state index in [9.17, 15) is 19.5 Å². The molecule has 338 valence electrons. The number of likely N-dealkylation sites (N-methyl/N-ethyl adjacent to an activating group) is 1. The summed E-state index contributed by atoms with van der Waals surface area (Å²) in [5.74, 6) is -2.05. The molecule has 0 aromatic heterocycles. The van der Waals surface area contributed by atoms with Gasteiger partial charge in [-0.3, -0.25) is 9.59 Å². The van der Waals surface area contributed by atoms with Crippen molar-refractivity contribution in [1.29, 1.82) is 0 Å². The number of nitrogens with zero attached hydrogens (tertiary/aromatic N) is 1. The van der Waals surface area contributed by atoms with Crippen molar-refractivity contribution in [2.45, 2.75) is 180 Å². The third-order valence-electron chi connectivity index (χ3n) is 9.45. The van der Waals surface area contributed by atoms with Crippen LogP contribution in [0.5, 0.6) is 0 Å². The second kappa shape index (κ2) is 41.5. The van der Waals surface area contributed by atoms with Gasteiger partial charge in [0.15, 0.2) is 6.10 Å². The monoisotopic (exact) mass is 829 g/mol. The van der Waals surface area contributed by atoms with E-state index >= 15 is 0 Å². The number of allylic oxidation sites excluding steroid dienone is 12. The second-order valence-electron chi connectivity index (χ2n) is 16.3. The van der Waals surface area contributed by atoms with Crippen molar-refractivity contribution in [3.63, 3.8) is 0 Å². The van der Waals surface area contributed by atoms with E-state index in [2.05, 4.69) is 86.8 Å². The average Bonchev–Trinajstić information content (AvgIpc) is 3.19. The molecule has 9 heteroatoms. The van der Waals surface area contributed by atoms with E-state index in [1.54, 1.807) is 0 Å². The molecule has 0 aromatic carbocycles. The van der Waals surface area contributed by atoms with Crippen LogP contribution < -0.4 is 0 Å². The Bertz CT molecular complexity index is 1200. The van der Waals surface area contributed by atoms with Crippen molar-refractivity contribution in [3.05, 3.63) is 72.9 Å². The molecule has 0 saturated heterocycles. The van der Waals surface area contributed by atoms with E-state index in [0.717, 1.165) is 103 Å². The van der Waals surface area contributed by atoms with E-state index < -0.39 is 24.3 Å². The molecule has 0 radical (unpaired) electrons. The van der Waals surface area contributed by atoms with E-state index in [1.807, 2.05) is 21.1 Å². The van der Waals surface area contributed by atoms with Gasteiger partial charge < -0.3 is 28.5 Å². The first-order chi connectivity index (χ1) is 28.6. The van der Waals surface area contributed by atoms with Gasteiger partial charge in [-0.25, -0.2) is 4.79 Å². The van der Waals surface area contributed by atoms with Gasteiger partial charge in [0.25, 0.3) is 6.29 Å². The number of hydrogen-bond acceptors (Lipinski definition) is 7. The van der Waals surface area contributed by atoms with Gasteiger partial charge in [0, 0.05) is 12.8 Å². The Morgan fingerprint density at radius 3 is 1.46 bits per heavy atom. The molecule has 0 amide bonds. The Hall–Kier alpha value is -3.27. The zero-order chi connectivity index (χ0) is 43.5. The fourth-order valence-electron chi connectivity index (χ4n) is 5.86. The number of hydrogen-bond donors (Lipinski definition) is 1. The molecule has 0 bridgehead atoms. The maximum Gasteiger partial charge on any atom is 0.361 e. The third kappa shape index (κ3) is 42.7. The minimum Gasteiger partial charge on any atom is -0.477 e. The minimum absolute atomic E-state index is 0.179. The topological polar surface area (TPSA) is 108 Å². The Morgan fingerprint density at radius 2 is 0.966 bits per heavy atom. The van der Waals surface area contributed by atoms with Crippen molar-refractivity contribution in [1.82, 2.24) is 0 Å². The largest absolute Gasteiger partial charge is 0.477 e. The van der Waals surface area contributed by atoms with Gasteiger partial charge in [0.05, 0.1) is 34.4 Å². The van der Waals surface area contributed by atoms with Gasteiger partial charge >= 0.3 is 17.9 Å². The standard InChI is InChI=1S/C50H85NO8/c1-6-8-10-12-14-16-18-20-21-22-23-24-25-26-27-29-31-33-35-37-39-41-48(53)59-46(45-58-50(49(54)55)56-43-42-51(3,4)5)44-57-47(52)40-38-36-34-32-30-28-19-17-15-13-11-9-7-2/h8,10,14,16-17,19-21,23-24,26-27,46,50H,6-7,9,11-13,15,18,22,25,28-45H2,1-5H3/p+1/b10-8-,16-14-,19-17-,21-20-,24-23-,27-26-. The molecule has 2 atom stereocenters. The van der Waals surface area contributed by atoms with Crippen LogP contribution in [0.15, 0.2) is 72.9 Å². The van der Waals surface area contributed by atoms with Gasteiger partial charge in [-0.1, -0.05) is 145 Å². The summed E-state index contributed by atoms with van der Waals surface area (Å²) < 4.78 is 22.7. The smallest absolute Gasteiger partial charge is 0.361 e. The maximum absolute atomic E-state index is 12.8. The van der Waals surface area contributed by atoms with Crippen LogP contribution in [0, 0.1) is 0 Å². The number of ether oxygens (including phenoxy) is 4. The van der Waals surface area contributed by atoms with Crippen molar-refractivity contribution < 1.29 is 42.9 Å². The molecule has 0 aliphatic carbocycles. The zero-order valence-corrected chi connectivity index (χ0v) is 38.1. The highest BCUT2D eigenvalue weighted by Gasteiger charge is 2.25. The normalized spacial score (nSPS) is 13.6. The van der Waals surface area contributed by atoms with Gasteiger partial charge in [0.2, 0.25) is 0 Å². The molecule has 0 aliphatic rings. The molecule has 59 heavy (non-hydrogen) atoms. The van der Waals surface area contributed by atoms with Crippen LogP contribution in [0.25, 0.3) is 0 Å². The Labute approximate surface area is 360 Å². The number of quaternary nitrogens is 1. The van der Waals surface area contributed by atoms with Gasteiger partial charge in [-0.05, 0) is 83.5 Å². The quantitative estimate of drug-likeness (QED) is 0.0213. The SMILES string of the molecule is CC/C=C\C/C=C\C/C=C\C/C=C\C/C=C\CCCCCCCC(=O)OC(COC(=O)CCCCCCC/C=C\CCCCCC)COC(OCC[N+](C)(C)C)C(=O)O. The lowest BCUT2D eigenvalue weighted by molar-refractivity contribution is -0.870. The molecular formula is C50H86NO8+. The number of carboxylic acid groups (broad SMARTS) is 1. The van der Waals surface area contributed by atoms with Crippen molar-refractivity contribution in [3.8, 4) is 0 Å². The summed E-state index contributed by atoms with van der Waals surface area (Å²) in [5, 5.41) is 9.64. The maximum atomic E-state index is 12.8. The molecule has 9 nitrogen and oxygen atoms in total. The highest BCUT2D eigenvalue weighted by molar-refractivity contribution is 5.71. The van der Waals surface area contributed by atoms with Crippen LogP contribution in [0.4, 0.5) is 0 Å². The van der Waals surface area contributed by atoms with E-state index in [0.29, 0.717) is 17.4 Å². The fraction of sp³-hybridized carbons (Fsp3) is 0.700. The first-order valence-corrected chi connectivity index (χ1v) is 23.1. The van der Waals surface area contributed by atoms with Crippen LogP contribution in [0.2, 0.25) is 0 Å². The summed E-state index contributed by atoms with van der Waals surface area (Å²) in [4.78, 5) is 37.1. The molecule has 0 heterocycles. The highest BCUT2D eigenvalue weighted by Crippen LogP contribution is 2.12. The van der Waals surface area contributed by atoms with Crippen LogP contribution in [0.1, 0.15) is 168 Å². The number of unbranched alkanes of at least 4 members (excludes halogenated alkanes) is 14. The van der Waals surface area contributed by atoms with E-state index in [4.69, 9.17) is 18.9 Å². The number of aliphatic carboxylic acids is 1. The Kier molecular flexibility index (Phi) is 39.2. The molecule has 0 fully saturated rings. The Morgan fingerprint density at radius 1 is 0.525 bits per heavy atom. The van der Waals surface area contributed by atoms with Gasteiger partial charge in [0.1, 0.15) is 13.2 Å². The van der Waals surface area contributed by atoms with Gasteiger partial charge in [-0.15, -0.1) is 0 Å². The summed E-state index contributed by atoms with van der Waals surface area (Å²) in [6.07, 6.45) is 48.1. The second-order valence-corrected chi connectivity index (χ2v) is 16.3. The number of rotatable bonds is 41. The predicted molar refractivity (Wildman–Crippen MR) is 244 cm³/mol. The first kappa shape index (κ1) is 55.7. The molecule has 0 saturated carbocycles. The lowest BCUT2D eigenvalue weighted by Gasteiger charge is -2.25. The molecule has 0 aliphatic heterocycles. The summed E-state index contributed by atoms with van der Waals surface area (Å²) in [5.41, 5.74) is 0. The summed E-state index contributed by atoms with van der Waals surface area (Å²) in [6.45, 7) is 4.69. The molecule has 0 rings (SSSR count). The minimum atomic E-state index is -1.52. The van der Waals surface area contributed by atoms with Gasteiger partial charge in [-0.2, -0.15) is 0 Å². The molecule has 0 aromatic rings. The molecular weight excluding hydrogens is 743 g/mol. The first-order valence-electron chi connectivity index (χ1n) is 23.1. The summed E-state index contributed by atoms with van der Waals surface area (Å²) >= 11 is 0. The summed E-state index contributed by atoms with van der Waals surface area (Å²) in [6, 6.07) is 0. The lowest BCUT2D eigenvalue weighted by atomic mass is 10.1. The highest BCUT2D eigenvalue weighted by atomic mass is 16.7. The predicted octanol–water partition coefficient (Wildman–Crippen LogP) is 12.3. The average molecular weight is 829 g/mol. The van der Waals surface area contributed by atoms with Crippen LogP contribution in [-0.4, -0.2) is 87.4 Å². The van der Waals surface area contributed by atoms with Crippen LogP contribution in [-0.2, 0) is 33.3 Å². The molecule has 0 spiro atoms.